The maximum Gasteiger partial charge on any atom is 0.433 e. The van der Waals surface area contributed by atoms with Crippen LogP contribution in [-0.2, 0) is 16.4 Å². The highest BCUT2D eigenvalue weighted by Crippen LogP contribution is 2.51. The molecule has 3 nitrogen and oxygen atoms in total. The molecule has 0 saturated heterocycles. The number of hydrogen-bond acceptors (Lipinski definition) is 2. The molecular weight excluding hydrogens is 223 g/mol. The van der Waals surface area contributed by atoms with Gasteiger partial charge in [0.15, 0.2) is 0 Å². The third-order valence-corrected chi connectivity index (χ3v) is 2.75. The number of carbonyl (C=O) groups is 1. The third-order valence-electron chi connectivity index (χ3n) is 2.75. The topological polar surface area (TPSA) is 50.2 Å². The Morgan fingerprint density at radius 3 is 2.50 bits per heavy atom. The van der Waals surface area contributed by atoms with Crippen LogP contribution in [0.1, 0.15) is 24.1 Å². The predicted octanol–water partition coefficient (Wildman–Crippen LogP) is 2.22. The summed E-state index contributed by atoms with van der Waals surface area (Å²) in [4.78, 5) is 14.2. The van der Waals surface area contributed by atoms with Crippen molar-refractivity contribution in [3.63, 3.8) is 0 Å². The summed E-state index contributed by atoms with van der Waals surface area (Å²) in [6.45, 7) is 0. The number of halogens is 3. The van der Waals surface area contributed by atoms with Crippen molar-refractivity contribution in [2.75, 3.05) is 0 Å². The molecule has 1 N–H and O–H groups in total. The fourth-order valence-corrected chi connectivity index (χ4v) is 1.74. The molecule has 16 heavy (non-hydrogen) atoms. The molecule has 1 aromatic heterocycles. The van der Waals surface area contributed by atoms with Crippen LogP contribution in [-0.4, -0.2) is 16.1 Å². The molecule has 0 amide bonds. The quantitative estimate of drug-likeness (QED) is 0.848. The standard InChI is InChI=1S/C10H8F3NO2/c11-10(12,13)7-6(2-1-5-14-7)9(3-4-9)8(15)16/h1-2,5H,3-4H2,(H,15,16). The van der Waals surface area contributed by atoms with E-state index in [-0.39, 0.29) is 18.4 Å². The predicted molar refractivity (Wildman–Crippen MR) is 47.8 cm³/mol. The van der Waals surface area contributed by atoms with Crippen LogP contribution in [0.15, 0.2) is 18.3 Å². The lowest BCUT2D eigenvalue weighted by Crippen LogP contribution is -2.24. The van der Waals surface area contributed by atoms with Crippen LogP contribution >= 0.6 is 0 Å². The van der Waals surface area contributed by atoms with E-state index in [0.717, 1.165) is 6.20 Å². The zero-order valence-corrected chi connectivity index (χ0v) is 8.08. The Morgan fingerprint density at radius 2 is 2.06 bits per heavy atom. The number of rotatable bonds is 2. The number of alkyl halides is 3. The van der Waals surface area contributed by atoms with Gasteiger partial charge in [0.05, 0.1) is 5.41 Å². The van der Waals surface area contributed by atoms with Crippen molar-refractivity contribution in [3.05, 3.63) is 29.6 Å². The Balaban J connectivity index is 2.54. The number of hydrogen-bond donors (Lipinski definition) is 1. The van der Waals surface area contributed by atoms with Crippen molar-refractivity contribution < 1.29 is 23.1 Å². The molecule has 2 rings (SSSR count). The fourth-order valence-electron chi connectivity index (χ4n) is 1.74. The molecule has 1 heterocycles. The number of nitrogens with zero attached hydrogens (tertiary/aromatic N) is 1. The molecule has 0 atom stereocenters. The maximum atomic E-state index is 12.6. The van der Waals surface area contributed by atoms with Crippen molar-refractivity contribution in [1.29, 1.82) is 0 Å². The summed E-state index contributed by atoms with van der Waals surface area (Å²) in [5, 5.41) is 8.95. The highest BCUT2D eigenvalue weighted by Gasteiger charge is 2.55. The van der Waals surface area contributed by atoms with E-state index in [2.05, 4.69) is 4.98 Å². The summed E-state index contributed by atoms with van der Waals surface area (Å²) < 4.78 is 37.8. The SMILES string of the molecule is O=C(O)C1(c2cccnc2C(F)(F)F)CC1. The van der Waals surface area contributed by atoms with E-state index in [1.807, 2.05) is 0 Å². The molecule has 0 spiro atoms. The molecule has 0 radical (unpaired) electrons. The van der Waals surface area contributed by atoms with Gasteiger partial charge >= 0.3 is 12.1 Å². The number of pyridine rings is 1. The average Bonchev–Trinajstić information content (AvgIpc) is 2.97. The summed E-state index contributed by atoms with van der Waals surface area (Å²) >= 11 is 0. The largest absolute Gasteiger partial charge is 0.481 e. The molecule has 1 saturated carbocycles. The normalized spacial score (nSPS) is 18.2. The van der Waals surface area contributed by atoms with Crippen molar-refractivity contribution in [3.8, 4) is 0 Å². The Morgan fingerprint density at radius 1 is 1.44 bits per heavy atom. The zero-order valence-electron chi connectivity index (χ0n) is 8.08. The second-order valence-corrected chi connectivity index (χ2v) is 3.78. The minimum absolute atomic E-state index is 0.227. The monoisotopic (exact) mass is 231 g/mol. The van der Waals surface area contributed by atoms with Crippen LogP contribution in [0.2, 0.25) is 0 Å². The van der Waals surface area contributed by atoms with E-state index in [9.17, 15) is 18.0 Å². The first kappa shape index (κ1) is 10.9. The first-order valence-corrected chi connectivity index (χ1v) is 4.64. The van der Waals surface area contributed by atoms with Crippen molar-refractivity contribution in [2.24, 2.45) is 0 Å². The van der Waals surface area contributed by atoms with Crippen LogP contribution in [0.25, 0.3) is 0 Å². The van der Waals surface area contributed by atoms with E-state index >= 15 is 0 Å². The summed E-state index contributed by atoms with van der Waals surface area (Å²) in [7, 11) is 0. The second kappa shape index (κ2) is 3.20. The van der Waals surface area contributed by atoms with Gasteiger partial charge in [-0.1, -0.05) is 6.07 Å². The summed E-state index contributed by atoms with van der Waals surface area (Å²) in [5.74, 6) is -1.22. The van der Waals surface area contributed by atoms with Gasteiger partial charge in [-0.05, 0) is 18.9 Å². The summed E-state index contributed by atoms with van der Waals surface area (Å²) in [6.07, 6.45) is -3.12. The Kier molecular flexibility index (Phi) is 2.18. The number of carboxylic acids is 1. The van der Waals surface area contributed by atoms with Crippen molar-refractivity contribution in [2.45, 2.75) is 24.4 Å². The number of aromatic nitrogens is 1. The molecule has 6 heteroatoms. The Bertz CT molecular complexity index is 438. The highest BCUT2D eigenvalue weighted by atomic mass is 19.4. The lowest BCUT2D eigenvalue weighted by Gasteiger charge is -2.16. The van der Waals surface area contributed by atoms with Gasteiger partial charge < -0.3 is 5.11 Å². The minimum atomic E-state index is -4.61. The van der Waals surface area contributed by atoms with Crippen molar-refractivity contribution in [1.82, 2.24) is 4.98 Å². The fraction of sp³-hybridized carbons (Fsp3) is 0.400. The van der Waals surface area contributed by atoms with Crippen LogP contribution in [0, 0.1) is 0 Å². The lowest BCUT2D eigenvalue weighted by molar-refractivity contribution is -0.144. The number of carboxylic acid groups (broad SMARTS) is 1. The molecule has 0 aromatic carbocycles. The average molecular weight is 231 g/mol. The third kappa shape index (κ3) is 1.54. The van der Waals surface area contributed by atoms with E-state index in [1.54, 1.807) is 0 Å². The Hall–Kier alpha value is -1.59. The van der Waals surface area contributed by atoms with Crippen LogP contribution in [0.4, 0.5) is 13.2 Å². The molecular formula is C10H8F3NO2. The van der Waals surface area contributed by atoms with Gasteiger partial charge in [-0.3, -0.25) is 9.78 Å². The first-order chi connectivity index (χ1) is 7.38. The van der Waals surface area contributed by atoms with Gasteiger partial charge in [0.2, 0.25) is 0 Å². The van der Waals surface area contributed by atoms with E-state index in [1.165, 1.54) is 12.1 Å². The van der Waals surface area contributed by atoms with Gasteiger partial charge in [0.1, 0.15) is 5.69 Å². The van der Waals surface area contributed by atoms with Gasteiger partial charge in [-0.25, -0.2) is 0 Å². The lowest BCUT2D eigenvalue weighted by atomic mass is 9.94. The molecule has 86 valence electrons. The van der Waals surface area contributed by atoms with E-state index < -0.39 is 23.3 Å². The molecule has 1 fully saturated rings. The van der Waals surface area contributed by atoms with Crippen LogP contribution in [0.3, 0.4) is 0 Å². The molecule has 0 aliphatic heterocycles. The summed E-state index contributed by atoms with van der Waals surface area (Å²) in [6, 6.07) is 2.52. The van der Waals surface area contributed by atoms with Gasteiger partial charge in [-0.15, -0.1) is 0 Å². The van der Waals surface area contributed by atoms with Crippen molar-refractivity contribution >= 4 is 5.97 Å². The zero-order chi connectivity index (χ0) is 12.0. The van der Waals surface area contributed by atoms with Gasteiger partial charge in [0.25, 0.3) is 0 Å². The molecule has 0 unspecified atom stereocenters. The molecule has 0 bridgehead atoms. The van der Waals surface area contributed by atoms with Crippen LogP contribution in [0.5, 0.6) is 0 Å². The van der Waals surface area contributed by atoms with Crippen LogP contribution < -0.4 is 0 Å². The van der Waals surface area contributed by atoms with E-state index in [0.29, 0.717) is 0 Å². The molecule has 1 aromatic rings. The van der Waals surface area contributed by atoms with E-state index in [4.69, 9.17) is 5.11 Å². The molecule has 1 aliphatic carbocycles. The van der Waals surface area contributed by atoms with Gasteiger partial charge in [0, 0.05) is 11.8 Å². The second-order valence-electron chi connectivity index (χ2n) is 3.78. The molecule has 1 aliphatic rings. The first-order valence-electron chi connectivity index (χ1n) is 4.64. The highest BCUT2D eigenvalue weighted by molar-refractivity contribution is 5.85. The summed E-state index contributed by atoms with van der Waals surface area (Å²) in [5.41, 5.74) is -2.69. The Labute approximate surface area is 88.9 Å². The smallest absolute Gasteiger partial charge is 0.433 e. The number of aliphatic carboxylic acids is 1. The van der Waals surface area contributed by atoms with Gasteiger partial charge in [-0.2, -0.15) is 13.2 Å². The maximum absolute atomic E-state index is 12.6. The minimum Gasteiger partial charge on any atom is -0.481 e.